The van der Waals surface area contributed by atoms with E-state index in [1.165, 1.54) is 0 Å². The number of nitrogens with one attached hydrogen (secondary N) is 1. The van der Waals surface area contributed by atoms with Gasteiger partial charge in [-0.3, -0.25) is 9.59 Å². The Kier molecular flexibility index (Phi) is 5.69. The normalized spacial score (nSPS) is 16.5. The van der Waals surface area contributed by atoms with Crippen LogP contribution in [-0.2, 0) is 13.0 Å². The van der Waals surface area contributed by atoms with Gasteiger partial charge in [-0.15, -0.1) is 0 Å². The zero-order valence-corrected chi connectivity index (χ0v) is 17.4. The Bertz CT molecular complexity index is 912. The van der Waals surface area contributed by atoms with Crippen molar-refractivity contribution in [3.63, 3.8) is 0 Å². The van der Waals surface area contributed by atoms with E-state index < -0.39 is 0 Å². The van der Waals surface area contributed by atoms with Crippen LogP contribution in [0.1, 0.15) is 77.8 Å². The summed E-state index contributed by atoms with van der Waals surface area (Å²) in [6.45, 7) is 5.29. The monoisotopic (exact) mass is 394 g/mol. The van der Waals surface area contributed by atoms with Gasteiger partial charge in [0, 0.05) is 24.8 Å². The van der Waals surface area contributed by atoms with Crippen molar-refractivity contribution >= 4 is 17.5 Å². The molecule has 29 heavy (non-hydrogen) atoms. The van der Waals surface area contributed by atoms with E-state index in [0.29, 0.717) is 18.1 Å². The predicted molar refractivity (Wildman–Crippen MR) is 113 cm³/mol. The largest absolute Gasteiger partial charge is 0.347 e. The van der Waals surface area contributed by atoms with Crippen molar-refractivity contribution in [2.75, 3.05) is 11.4 Å². The molecular weight excluding hydrogens is 364 g/mol. The molecule has 2 aromatic rings. The summed E-state index contributed by atoms with van der Waals surface area (Å²) in [5.74, 6) is 0.136. The molecule has 154 valence electrons. The molecule has 1 aromatic heterocycles. The number of aryl methyl sites for hydroxylation is 1. The minimum Gasteiger partial charge on any atom is -0.347 e. The first-order chi connectivity index (χ1) is 14.1. The summed E-state index contributed by atoms with van der Waals surface area (Å²) >= 11 is 0. The summed E-state index contributed by atoms with van der Waals surface area (Å²) in [6, 6.07) is 8.18. The summed E-state index contributed by atoms with van der Waals surface area (Å²) in [5.41, 5.74) is 3.32. The van der Waals surface area contributed by atoms with Crippen LogP contribution < -0.4 is 10.2 Å². The maximum absolute atomic E-state index is 13.5. The van der Waals surface area contributed by atoms with Crippen LogP contribution in [0.25, 0.3) is 0 Å². The molecule has 1 aromatic carbocycles. The fourth-order valence-corrected chi connectivity index (χ4v) is 4.57. The minimum absolute atomic E-state index is 0.122. The number of hydrogen-bond donors (Lipinski definition) is 1. The molecule has 2 aliphatic rings. The van der Waals surface area contributed by atoms with E-state index in [1.807, 2.05) is 42.7 Å². The van der Waals surface area contributed by atoms with Crippen molar-refractivity contribution in [3.8, 4) is 0 Å². The van der Waals surface area contributed by atoms with E-state index in [1.54, 1.807) is 4.90 Å². The highest BCUT2D eigenvalue weighted by Gasteiger charge is 2.31. The zero-order valence-electron chi connectivity index (χ0n) is 17.4. The van der Waals surface area contributed by atoms with Crippen molar-refractivity contribution < 1.29 is 9.59 Å². The van der Waals surface area contributed by atoms with Crippen molar-refractivity contribution in [2.45, 2.75) is 71.4 Å². The molecule has 0 unspecified atom stereocenters. The Hall–Kier alpha value is -2.63. The quantitative estimate of drug-likeness (QED) is 0.837. The molecule has 1 fully saturated rings. The van der Waals surface area contributed by atoms with Crippen LogP contribution in [0.4, 0.5) is 5.69 Å². The van der Waals surface area contributed by atoms with Gasteiger partial charge in [0.1, 0.15) is 0 Å². The lowest BCUT2D eigenvalue weighted by atomic mass is 10.1. The highest BCUT2D eigenvalue weighted by molar-refractivity contribution is 6.06. The number of carbonyl (C=O) groups excluding carboxylic acids is 2. The van der Waals surface area contributed by atoms with Gasteiger partial charge in [0.05, 0.1) is 5.69 Å². The molecule has 6 heteroatoms. The predicted octanol–water partition coefficient (Wildman–Crippen LogP) is 3.87. The number of hydrogen-bond acceptors (Lipinski definition) is 3. The Labute approximate surface area is 172 Å². The molecule has 0 spiro atoms. The first kappa shape index (κ1) is 19.7. The van der Waals surface area contributed by atoms with Crippen LogP contribution in [0.15, 0.2) is 24.3 Å². The first-order valence-electron chi connectivity index (χ1n) is 10.9. The van der Waals surface area contributed by atoms with Crippen molar-refractivity contribution in [2.24, 2.45) is 0 Å². The van der Waals surface area contributed by atoms with Gasteiger partial charge in [0.2, 0.25) is 0 Å². The molecule has 1 saturated carbocycles. The number of anilines is 1. The highest BCUT2D eigenvalue weighted by atomic mass is 16.2. The lowest BCUT2D eigenvalue weighted by Crippen LogP contribution is -2.35. The average molecular weight is 395 g/mol. The van der Waals surface area contributed by atoms with E-state index in [9.17, 15) is 9.59 Å². The molecule has 0 bridgehead atoms. The molecule has 0 saturated heterocycles. The molecule has 2 heterocycles. The van der Waals surface area contributed by atoms with E-state index in [2.05, 4.69) is 10.3 Å². The van der Waals surface area contributed by atoms with Crippen LogP contribution in [0.5, 0.6) is 0 Å². The standard InChI is InChI=1S/C23H30N4O2/c1-3-26(18-12-8-9-16(2)15-18)23(29)20-19-13-6-7-14-27(19)21(25-20)22(28)24-17-10-4-5-11-17/h8-9,12,15,17H,3-7,10-11,13-14H2,1-2H3,(H,24,28). The third-order valence-electron chi connectivity index (χ3n) is 6.09. The molecule has 0 atom stereocenters. The zero-order chi connectivity index (χ0) is 20.4. The van der Waals surface area contributed by atoms with Crippen molar-refractivity contribution in [1.29, 1.82) is 0 Å². The van der Waals surface area contributed by atoms with Gasteiger partial charge in [0.25, 0.3) is 11.8 Å². The van der Waals surface area contributed by atoms with Crippen LogP contribution >= 0.6 is 0 Å². The lowest BCUT2D eigenvalue weighted by molar-refractivity contribution is 0.0921. The van der Waals surface area contributed by atoms with Gasteiger partial charge in [0.15, 0.2) is 11.5 Å². The van der Waals surface area contributed by atoms with E-state index in [-0.39, 0.29) is 17.9 Å². The first-order valence-corrected chi connectivity index (χ1v) is 10.9. The number of aromatic nitrogens is 2. The Balaban J connectivity index is 1.66. The van der Waals surface area contributed by atoms with Gasteiger partial charge in [-0.2, -0.15) is 0 Å². The highest BCUT2D eigenvalue weighted by Crippen LogP contribution is 2.25. The maximum atomic E-state index is 13.5. The van der Waals surface area contributed by atoms with Gasteiger partial charge in [-0.05, 0) is 63.6 Å². The van der Waals surface area contributed by atoms with Gasteiger partial charge >= 0.3 is 0 Å². The second-order valence-electron chi connectivity index (χ2n) is 8.18. The van der Waals surface area contributed by atoms with Crippen LogP contribution in [0.3, 0.4) is 0 Å². The molecule has 1 N–H and O–H groups in total. The number of amides is 2. The van der Waals surface area contributed by atoms with E-state index >= 15 is 0 Å². The average Bonchev–Trinajstić information content (AvgIpc) is 3.36. The Morgan fingerprint density at radius 1 is 1.21 bits per heavy atom. The summed E-state index contributed by atoms with van der Waals surface area (Å²) < 4.78 is 1.98. The van der Waals surface area contributed by atoms with Crippen molar-refractivity contribution in [3.05, 3.63) is 47.0 Å². The van der Waals surface area contributed by atoms with Gasteiger partial charge in [-0.25, -0.2) is 4.98 Å². The Morgan fingerprint density at radius 2 is 2.00 bits per heavy atom. The molecule has 4 rings (SSSR count). The number of rotatable bonds is 5. The smallest absolute Gasteiger partial charge is 0.287 e. The second-order valence-corrected chi connectivity index (χ2v) is 8.18. The molecule has 6 nitrogen and oxygen atoms in total. The van der Waals surface area contributed by atoms with Crippen LogP contribution in [-0.4, -0.2) is 34.0 Å². The molecular formula is C23H30N4O2. The SMILES string of the molecule is CCN(C(=O)c1nc(C(=O)NC2CCCC2)n2c1CCCC2)c1cccc(C)c1. The minimum atomic E-state index is -0.141. The molecule has 2 amide bonds. The summed E-state index contributed by atoms with van der Waals surface area (Å²) in [6.07, 6.45) is 7.20. The van der Waals surface area contributed by atoms with E-state index in [0.717, 1.165) is 68.4 Å². The lowest BCUT2D eigenvalue weighted by Gasteiger charge is -2.22. The number of benzene rings is 1. The number of carbonyl (C=O) groups is 2. The van der Waals surface area contributed by atoms with Crippen molar-refractivity contribution in [1.82, 2.24) is 14.9 Å². The summed E-state index contributed by atoms with van der Waals surface area (Å²) in [4.78, 5) is 32.8. The third kappa shape index (κ3) is 3.93. The van der Waals surface area contributed by atoms with Gasteiger partial charge < -0.3 is 14.8 Å². The fourth-order valence-electron chi connectivity index (χ4n) is 4.57. The third-order valence-corrected chi connectivity index (χ3v) is 6.09. The summed E-state index contributed by atoms with van der Waals surface area (Å²) in [5, 5.41) is 3.13. The molecule has 1 aliphatic carbocycles. The number of fused-ring (bicyclic) bond motifs is 1. The second kappa shape index (κ2) is 8.39. The van der Waals surface area contributed by atoms with E-state index in [4.69, 9.17) is 0 Å². The molecule has 0 radical (unpaired) electrons. The molecule has 1 aliphatic heterocycles. The van der Waals surface area contributed by atoms with Crippen LogP contribution in [0, 0.1) is 6.92 Å². The Morgan fingerprint density at radius 3 is 2.72 bits per heavy atom. The number of nitrogens with zero attached hydrogens (tertiary/aromatic N) is 3. The maximum Gasteiger partial charge on any atom is 0.287 e. The number of imidazole rings is 1. The van der Waals surface area contributed by atoms with Gasteiger partial charge in [-0.1, -0.05) is 25.0 Å². The van der Waals surface area contributed by atoms with Crippen LogP contribution in [0.2, 0.25) is 0 Å². The fraction of sp³-hybridized carbons (Fsp3) is 0.522. The topological polar surface area (TPSA) is 67.2 Å². The summed E-state index contributed by atoms with van der Waals surface area (Å²) in [7, 11) is 0.